The number of rotatable bonds is 3. The Balaban J connectivity index is 2.49. The maximum Gasteiger partial charge on any atom is 0.316 e. The molecule has 2 amide bonds. The third kappa shape index (κ3) is 2.78. The second-order valence-corrected chi connectivity index (χ2v) is 4.33. The van der Waals surface area contributed by atoms with Crippen molar-refractivity contribution < 1.29 is 4.79 Å². The van der Waals surface area contributed by atoms with Crippen LogP contribution >= 0.6 is 0 Å². The fourth-order valence-electron chi connectivity index (χ4n) is 1.65. The Kier molecular flexibility index (Phi) is 3.99. The zero-order valence-electron chi connectivity index (χ0n) is 10.8. The summed E-state index contributed by atoms with van der Waals surface area (Å²) >= 11 is 0. The monoisotopic (exact) mass is 223 g/mol. The van der Waals surface area contributed by atoms with E-state index < -0.39 is 0 Å². The molecule has 0 aliphatic heterocycles. The molecule has 1 N–H and O–H groups in total. The second-order valence-electron chi connectivity index (χ2n) is 4.33. The summed E-state index contributed by atoms with van der Waals surface area (Å²) < 4.78 is 2.17. The fraction of sp³-hybridized carbons (Fsp3) is 0.583. The first-order valence-corrected chi connectivity index (χ1v) is 5.50. The van der Waals surface area contributed by atoms with Gasteiger partial charge < -0.3 is 14.8 Å². The number of carbonyl (C=O) groups is 1. The van der Waals surface area contributed by atoms with Gasteiger partial charge in [-0.05, 0) is 31.9 Å². The van der Waals surface area contributed by atoms with Crippen LogP contribution in [0.2, 0.25) is 0 Å². The first-order chi connectivity index (χ1) is 7.43. The van der Waals surface area contributed by atoms with E-state index in [9.17, 15) is 4.79 Å². The molecule has 0 aliphatic rings. The van der Waals surface area contributed by atoms with E-state index in [1.54, 1.807) is 19.0 Å². The van der Waals surface area contributed by atoms with Crippen molar-refractivity contribution in [2.75, 3.05) is 20.6 Å². The average Bonchev–Trinajstić information content (AvgIpc) is 2.46. The number of amides is 2. The molecular weight excluding hydrogens is 202 g/mol. The number of carbonyl (C=O) groups excluding carboxylic acids is 1. The number of nitrogens with one attached hydrogen (secondary N) is 1. The minimum absolute atomic E-state index is 0.0368. The molecule has 0 unspecified atom stereocenters. The normalized spacial score (nSPS) is 10.3. The van der Waals surface area contributed by atoms with E-state index in [2.05, 4.69) is 36.8 Å². The Morgan fingerprint density at radius 1 is 1.44 bits per heavy atom. The van der Waals surface area contributed by atoms with E-state index >= 15 is 0 Å². The fourth-order valence-corrected chi connectivity index (χ4v) is 1.65. The van der Waals surface area contributed by atoms with Crippen LogP contribution in [0.25, 0.3) is 0 Å². The molecular formula is C12H21N3O. The Bertz CT molecular complexity index is 380. The summed E-state index contributed by atoms with van der Waals surface area (Å²) in [6, 6.07) is 2.14. The molecule has 1 heterocycles. The van der Waals surface area contributed by atoms with Crippen LogP contribution in [0.3, 0.4) is 0 Å². The van der Waals surface area contributed by atoms with Crippen LogP contribution in [0, 0.1) is 13.8 Å². The van der Waals surface area contributed by atoms with Crippen molar-refractivity contribution in [3.63, 3.8) is 0 Å². The van der Waals surface area contributed by atoms with E-state index in [4.69, 9.17) is 0 Å². The molecule has 0 saturated heterocycles. The Morgan fingerprint density at radius 3 is 2.50 bits per heavy atom. The first kappa shape index (κ1) is 12.6. The number of nitrogens with zero attached hydrogens (tertiary/aromatic N) is 2. The van der Waals surface area contributed by atoms with Crippen LogP contribution in [0.15, 0.2) is 6.07 Å². The van der Waals surface area contributed by atoms with Gasteiger partial charge in [0.15, 0.2) is 0 Å². The highest BCUT2D eigenvalue weighted by atomic mass is 16.2. The second kappa shape index (κ2) is 5.05. The van der Waals surface area contributed by atoms with Gasteiger partial charge in [0, 0.05) is 39.1 Å². The van der Waals surface area contributed by atoms with Gasteiger partial charge in [-0.15, -0.1) is 0 Å². The number of aryl methyl sites for hydroxylation is 1. The zero-order valence-corrected chi connectivity index (χ0v) is 10.8. The van der Waals surface area contributed by atoms with Gasteiger partial charge in [-0.2, -0.15) is 0 Å². The molecule has 0 atom stereocenters. The standard InChI is InChI=1S/C12H21N3O/c1-9-8-11(10(2)15(9)5)6-7-13-12(16)14(3)4/h8H,6-7H2,1-5H3,(H,13,16). The third-order valence-electron chi connectivity index (χ3n) is 2.96. The van der Waals surface area contributed by atoms with Gasteiger partial charge in [-0.3, -0.25) is 0 Å². The molecule has 0 radical (unpaired) electrons. The molecule has 0 spiro atoms. The Labute approximate surface area is 97.2 Å². The lowest BCUT2D eigenvalue weighted by Gasteiger charge is -2.11. The molecule has 4 nitrogen and oxygen atoms in total. The molecule has 1 rings (SSSR count). The van der Waals surface area contributed by atoms with Crippen molar-refractivity contribution in [1.29, 1.82) is 0 Å². The van der Waals surface area contributed by atoms with E-state index in [-0.39, 0.29) is 6.03 Å². The summed E-state index contributed by atoms with van der Waals surface area (Å²) in [5.74, 6) is 0. The molecule has 0 fully saturated rings. The van der Waals surface area contributed by atoms with Crippen molar-refractivity contribution in [2.45, 2.75) is 20.3 Å². The van der Waals surface area contributed by atoms with Crippen molar-refractivity contribution in [2.24, 2.45) is 7.05 Å². The minimum Gasteiger partial charge on any atom is -0.352 e. The molecule has 90 valence electrons. The zero-order chi connectivity index (χ0) is 12.3. The van der Waals surface area contributed by atoms with Crippen molar-refractivity contribution >= 4 is 6.03 Å². The predicted octanol–water partition coefficient (Wildman–Crippen LogP) is 1.46. The first-order valence-electron chi connectivity index (χ1n) is 5.50. The lowest BCUT2D eigenvalue weighted by Crippen LogP contribution is -2.35. The van der Waals surface area contributed by atoms with Crippen LogP contribution in [0.4, 0.5) is 4.79 Å². The van der Waals surface area contributed by atoms with E-state index in [0.717, 1.165) is 6.42 Å². The molecule has 0 bridgehead atoms. The Hall–Kier alpha value is -1.45. The minimum atomic E-state index is -0.0368. The molecule has 1 aromatic heterocycles. The van der Waals surface area contributed by atoms with Gasteiger partial charge in [0.25, 0.3) is 0 Å². The summed E-state index contributed by atoms with van der Waals surface area (Å²) in [5, 5.41) is 2.86. The summed E-state index contributed by atoms with van der Waals surface area (Å²) in [6.07, 6.45) is 0.882. The SMILES string of the molecule is Cc1cc(CCNC(=O)N(C)C)c(C)n1C. The highest BCUT2D eigenvalue weighted by Gasteiger charge is 2.07. The lowest BCUT2D eigenvalue weighted by atomic mass is 10.2. The average molecular weight is 223 g/mol. The van der Waals surface area contributed by atoms with Gasteiger partial charge in [0.05, 0.1) is 0 Å². The van der Waals surface area contributed by atoms with Gasteiger partial charge in [-0.25, -0.2) is 4.79 Å². The topological polar surface area (TPSA) is 37.3 Å². The Morgan fingerprint density at radius 2 is 2.06 bits per heavy atom. The van der Waals surface area contributed by atoms with Crippen molar-refractivity contribution in [1.82, 2.24) is 14.8 Å². The molecule has 4 heteroatoms. The van der Waals surface area contributed by atoms with E-state index in [0.29, 0.717) is 6.54 Å². The predicted molar refractivity (Wildman–Crippen MR) is 65.7 cm³/mol. The largest absolute Gasteiger partial charge is 0.352 e. The van der Waals surface area contributed by atoms with Crippen LogP contribution < -0.4 is 5.32 Å². The van der Waals surface area contributed by atoms with Gasteiger partial charge >= 0.3 is 6.03 Å². The number of urea groups is 1. The number of hydrogen-bond acceptors (Lipinski definition) is 1. The maximum absolute atomic E-state index is 11.3. The van der Waals surface area contributed by atoms with E-state index in [1.807, 2.05) is 0 Å². The molecule has 16 heavy (non-hydrogen) atoms. The molecule has 0 saturated carbocycles. The molecule has 1 aromatic rings. The smallest absolute Gasteiger partial charge is 0.316 e. The highest BCUT2D eigenvalue weighted by molar-refractivity contribution is 5.73. The third-order valence-corrected chi connectivity index (χ3v) is 2.96. The van der Waals surface area contributed by atoms with E-state index in [1.165, 1.54) is 17.0 Å². The van der Waals surface area contributed by atoms with Crippen molar-refractivity contribution in [3.8, 4) is 0 Å². The lowest BCUT2D eigenvalue weighted by molar-refractivity contribution is 0.217. The van der Waals surface area contributed by atoms with Crippen LogP contribution in [-0.2, 0) is 13.5 Å². The van der Waals surface area contributed by atoms with Gasteiger partial charge in [-0.1, -0.05) is 0 Å². The van der Waals surface area contributed by atoms with Crippen molar-refractivity contribution in [3.05, 3.63) is 23.0 Å². The summed E-state index contributed by atoms with van der Waals surface area (Å²) in [5.41, 5.74) is 3.84. The van der Waals surface area contributed by atoms with Gasteiger partial charge in [0.2, 0.25) is 0 Å². The van der Waals surface area contributed by atoms with Crippen LogP contribution in [-0.4, -0.2) is 36.1 Å². The van der Waals surface area contributed by atoms with Crippen LogP contribution in [0.5, 0.6) is 0 Å². The number of aromatic nitrogens is 1. The molecule has 0 aliphatic carbocycles. The molecule has 0 aromatic carbocycles. The highest BCUT2D eigenvalue weighted by Crippen LogP contribution is 2.13. The number of hydrogen-bond donors (Lipinski definition) is 1. The quantitative estimate of drug-likeness (QED) is 0.827. The van der Waals surface area contributed by atoms with Gasteiger partial charge in [0.1, 0.15) is 0 Å². The van der Waals surface area contributed by atoms with Crippen LogP contribution in [0.1, 0.15) is 17.0 Å². The summed E-state index contributed by atoms with van der Waals surface area (Å²) in [6.45, 7) is 4.88. The maximum atomic E-state index is 11.3. The summed E-state index contributed by atoms with van der Waals surface area (Å²) in [7, 11) is 5.55. The summed E-state index contributed by atoms with van der Waals surface area (Å²) in [4.78, 5) is 12.8.